The average molecular weight is 388 g/mol. The van der Waals surface area contributed by atoms with Crippen LogP contribution in [-0.4, -0.2) is 29.7 Å². The Labute approximate surface area is 174 Å². The summed E-state index contributed by atoms with van der Waals surface area (Å²) in [6.07, 6.45) is 4.91. The van der Waals surface area contributed by atoms with Crippen LogP contribution >= 0.6 is 0 Å². The Morgan fingerprint density at radius 2 is 1.66 bits per heavy atom. The van der Waals surface area contributed by atoms with Crippen molar-refractivity contribution >= 4 is 11.7 Å². The van der Waals surface area contributed by atoms with Gasteiger partial charge in [-0.25, -0.2) is 0 Å². The van der Waals surface area contributed by atoms with E-state index in [0.29, 0.717) is 17.9 Å². The van der Waals surface area contributed by atoms with Crippen molar-refractivity contribution in [2.24, 2.45) is 5.92 Å². The molecule has 2 aromatic carbocycles. The number of Topliss-reactive ketones (excluding diaryl/α,β-unsaturated/α-hetero) is 1. The first-order valence-corrected chi connectivity index (χ1v) is 10.5. The molecule has 2 aromatic rings. The minimum Gasteiger partial charge on any atom is -0.339 e. The van der Waals surface area contributed by atoms with E-state index in [1.54, 1.807) is 6.92 Å². The fraction of sp³-hybridized carbons (Fsp3) is 0.385. The van der Waals surface area contributed by atoms with Crippen LogP contribution in [0.25, 0.3) is 0 Å². The van der Waals surface area contributed by atoms with Gasteiger partial charge in [0.15, 0.2) is 0 Å². The highest BCUT2D eigenvalue weighted by Crippen LogP contribution is 2.15. The van der Waals surface area contributed by atoms with E-state index >= 15 is 0 Å². The van der Waals surface area contributed by atoms with E-state index in [1.807, 2.05) is 41.3 Å². The minimum absolute atomic E-state index is 0.109. The zero-order valence-electron chi connectivity index (χ0n) is 17.4. The molecule has 1 amide bonds. The Morgan fingerprint density at radius 1 is 0.966 bits per heavy atom. The smallest absolute Gasteiger partial charge is 0.253 e. The highest BCUT2D eigenvalue weighted by molar-refractivity contribution is 5.94. The van der Waals surface area contributed by atoms with Crippen LogP contribution in [0.15, 0.2) is 48.5 Å². The number of carbonyl (C=O) groups is 2. The first-order valence-electron chi connectivity index (χ1n) is 10.5. The number of ketones is 1. The first kappa shape index (κ1) is 20.9. The van der Waals surface area contributed by atoms with Gasteiger partial charge in [-0.05, 0) is 74.4 Å². The molecule has 3 nitrogen and oxygen atoms in total. The number of piperidine rings is 1. The largest absolute Gasteiger partial charge is 0.339 e. The van der Waals surface area contributed by atoms with Crippen LogP contribution in [0.3, 0.4) is 0 Å². The van der Waals surface area contributed by atoms with Crippen molar-refractivity contribution in [1.82, 2.24) is 4.90 Å². The van der Waals surface area contributed by atoms with E-state index in [-0.39, 0.29) is 11.7 Å². The molecule has 1 fully saturated rings. The molecule has 0 aliphatic carbocycles. The van der Waals surface area contributed by atoms with Crippen molar-refractivity contribution in [3.05, 3.63) is 70.8 Å². The Balaban J connectivity index is 1.65. The fourth-order valence-corrected chi connectivity index (χ4v) is 3.84. The number of benzene rings is 2. The quantitative estimate of drug-likeness (QED) is 0.687. The number of likely N-dealkylation sites (tertiary alicyclic amines) is 1. The van der Waals surface area contributed by atoms with Gasteiger partial charge in [0, 0.05) is 36.2 Å². The molecule has 1 aliphatic heterocycles. The Kier molecular flexibility index (Phi) is 7.25. The van der Waals surface area contributed by atoms with Crippen LogP contribution in [-0.2, 0) is 11.2 Å². The summed E-state index contributed by atoms with van der Waals surface area (Å²) in [7, 11) is 0. The monoisotopic (exact) mass is 387 g/mol. The second-order valence-corrected chi connectivity index (χ2v) is 8.10. The average Bonchev–Trinajstić information content (AvgIpc) is 2.73. The molecule has 3 heteroatoms. The van der Waals surface area contributed by atoms with E-state index in [0.717, 1.165) is 43.5 Å². The van der Waals surface area contributed by atoms with Crippen molar-refractivity contribution in [2.75, 3.05) is 13.1 Å². The second-order valence-electron chi connectivity index (χ2n) is 8.10. The van der Waals surface area contributed by atoms with Crippen molar-refractivity contribution in [3.63, 3.8) is 0 Å². The molecular weight excluding hydrogens is 358 g/mol. The molecule has 0 bridgehead atoms. The van der Waals surface area contributed by atoms with Crippen LogP contribution in [0.2, 0.25) is 0 Å². The number of hydrogen-bond acceptors (Lipinski definition) is 2. The zero-order chi connectivity index (χ0) is 20.6. The number of hydrogen-bond donors (Lipinski definition) is 0. The molecule has 1 atom stereocenters. The third-order valence-corrected chi connectivity index (χ3v) is 5.28. The Hall–Kier alpha value is -2.86. The first-order chi connectivity index (χ1) is 14.0. The van der Waals surface area contributed by atoms with Gasteiger partial charge in [-0.1, -0.05) is 37.0 Å². The SMILES string of the molecule is CC(=O)CC(C)Cc1ccc(C#Cc2cccc(C(=O)N3CCCCC3)c2)cc1. The van der Waals surface area contributed by atoms with Gasteiger partial charge < -0.3 is 9.69 Å². The molecular formula is C26H29NO2. The van der Waals surface area contributed by atoms with Gasteiger partial charge >= 0.3 is 0 Å². The Morgan fingerprint density at radius 3 is 2.34 bits per heavy atom. The predicted molar refractivity (Wildman–Crippen MR) is 117 cm³/mol. The number of carbonyl (C=O) groups excluding carboxylic acids is 2. The molecule has 1 unspecified atom stereocenters. The maximum absolute atomic E-state index is 12.7. The van der Waals surface area contributed by atoms with Crippen LogP contribution in [0.1, 0.15) is 66.6 Å². The molecule has 0 aromatic heterocycles. The van der Waals surface area contributed by atoms with E-state index in [2.05, 4.69) is 30.9 Å². The van der Waals surface area contributed by atoms with E-state index in [4.69, 9.17) is 0 Å². The molecule has 29 heavy (non-hydrogen) atoms. The summed E-state index contributed by atoms with van der Waals surface area (Å²) in [6.45, 7) is 5.45. The third-order valence-electron chi connectivity index (χ3n) is 5.28. The van der Waals surface area contributed by atoms with Crippen molar-refractivity contribution < 1.29 is 9.59 Å². The highest BCUT2D eigenvalue weighted by atomic mass is 16.2. The number of nitrogens with zero attached hydrogens (tertiary/aromatic N) is 1. The second kappa shape index (κ2) is 10.1. The van der Waals surface area contributed by atoms with Crippen LogP contribution in [0, 0.1) is 17.8 Å². The van der Waals surface area contributed by atoms with Gasteiger partial charge in [0.1, 0.15) is 5.78 Å². The molecule has 1 heterocycles. The minimum atomic E-state index is 0.109. The van der Waals surface area contributed by atoms with Crippen LogP contribution in [0.4, 0.5) is 0 Å². The summed E-state index contributed by atoms with van der Waals surface area (Å²) in [6, 6.07) is 15.8. The molecule has 0 spiro atoms. The van der Waals surface area contributed by atoms with Crippen molar-refractivity contribution in [2.45, 2.75) is 46.0 Å². The lowest BCUT2D eigenvalue weighted by Gasteiger charge is -2.26. The maximum atomic E-state index is 12.7. The normalized spacial score (nSPS) is 14.6. The van der Waals surface area contributed by atoms with Crippen LogP contribution in [0.5, 0.6) is 0 Å². The Bertz CT molecular complexity index is 912. The summed E-state index contributed by atoms with van der Waals surface area (Å²) >= 11 is 0. The lowest BCUT2D eigenvalue weighted by atomic mass is 9.96. The molecule has 3 rings (SSSR count). The predicted octanol–water partition coefficient (Wildman–Crippen LogP) is 4.87. The third kappa shape index (κ3) is 6.32. The standard InChI is InChI=1S/C26H29NO2/c1-20(17-21(2)28)18-24-13-10-22(11-14-24)9-12-23-7-6-8-25(19-23)26(29)27-15-4-3-5-16-27/h6-8,10-11,13-14,19-20H,3-5,15-18H2,1-2H3. The zero-order valence-corrected chi connectivity index (χ0v) is 17.4. The molecule has 0 saturated carbocycles. The summed E-state index contributed by atoms with van der Waals surface area (Å²) in [4.78, 5) is 25.9. The maximum Gasteiger partial charge on any atom is 0.253 e. The van der Waals surface area contributed by atoms with Crippen molar-refractivity contribution in [3.8, 4) is 11.8 Å². The van der Waals surface area contributed by atoms with Gasteiger partial charge in [0.05, 0.1) is 0 Å². The summed E-state index contributed by atoms with van der Waals surface area (Å²) in [5.74, 6) is 7.07. The molecule has 0 radical (unpaired) electrons. The van der Waals surface area contributed by atoms with Crippen LogP contribution < -0.4 is 0 Å². The van der Waals surface area contributed by atoms with E-state index < -0.39 is 0 Å². The highest BCUT2D eigenvalue weighted by Gasteiger charge is 2.18. The molecule has 1 aliphatic rings. The lowest BCUT2D eigenvalue weighted by molar-refractivity contribution is -0.117. The van der Waals surface area contributed by atoms with Gasteiger partial charge in [-0.3, -0.25) is 4.79 Å². The van der Waals surface area contributed by atoms with Gasteiger partial charge in [0.2, 0.25) is 0 Å². The van der Waals surface area contributed by atoms with E-state index in [9.17, 15) is 9.59 Å². The molecule has 150 valence electrons. The van der Waals surface area contributed by atoms with Gasteiger partial charge in [-0.15, -0.1) is 0 Å². The van der Waals surface area contributed by atoms with Gasteiger partial charge in [0.25, 0.3) is 5.91 Å². The lowest BCUT2D eigenvalue weighted by Crippen LogP contribution is -2.35. The fourth-order valence-electron chi connectivity index (χ4n) is 3.84. The van der Waals surface area contributed by atoms with Gasteiger partial charge in [-0.2, -0.15) is 0 Å². The summed E-state index contributed by atoms with van der Waals surface area (Å²) < 4.78 is 0. The summed E-state index contributed by atoms with van der Waals surface area (Å²) in [5.41, 5.74) is 3.74. The van der Waals surface area contributed by atoms with E-state index in [1.165, 1.54) is 12.0 Å². The molecule has 0 N–H and O–H groups in total. The van der Waals surface area contributed by atoms with Crippen molar-refractivity contribution in [1.29, 1.82) is 0 Å². The number of amides is 1. The molecule has 1 saturated heterocycles. The number of rotatable bonds is 5. The topological polar surface area (TPSA) is 37.4 Å². The summed E-state index contributed by atoms with van der Waals surface area (Å²) in [5, 5.41) is 0.